The maximum atomic E-state index is 12.2. The van der Waals surface area contributed by atoms with Crippen molar-refractivity contribution in [2.24, 2.45) is 5.92 Å². The molecule has 0 spiro atoms. The minimum absolute atomic E-state index is 0.0654. The fourth-order valence-corrected chi connectivity index (χ4v) is 2.74. The lowest BCUT2D eigenvalue weighted by molar-refractivity contribution is 0.0942. The van der Waals surface area contributed by atoms with Gasteiger partial charge in [0.05, 0.1) is 5.56 Å². The fourth-order valence-electron chi connectivity index (χ4n) is 2.74. The van der Waals surface area contributed by atoms with Crippen LogP contribution in [-0.2, 0) is 13.0 Å². The molecule has 0 bridgehead atoms. The van der Waals surface area contributed by atoms with Gasteiger partial charge in [0, 0.05) is 24.7 Å². The van der Waals surface area contributed by atoms with E-state index in [0.717, 1.165) is 37.9 Å². The highest BCUT2D eigenvalue weighted by Gasteiger charge is 2.28. The molecule has 1 aliphatic heterocycles. The molecule has 1 aliphatic carbocycles. The molecule has 98 valence electrons. The van der Waals surface area contributed by atoms with Crippen LogP contribution < -0.4 is 5.32 Å². The number of amides is 1. The average molecular weight is 255 g/mol. The summed E-state index contributed by atoms with van der Waals surface area (Å²) in [5, 5.41) is 12.1. The molecule has 1 N–H and O–H groups in total. The molecule has 1 fully saturated rings. The van der Waals surface area contributed by atoms with Crippen molar-refractivity contribution in [2.45, 2.75) is 32.2 Å². The van der Waals surface area contributed by atoms with E-state index in [1.165, 1.54) is 5.57 Å². The number of nitriles is 1. The summed E-state index contributed by atoms with van der Waals surface area (Å²) in [7, 11) is 0. The number of nitrogens with zero attached hydrogens (tertiary/aromatic N) is 2. The van der Waals surface area contributed by atoms with Gasteiger partial charge >= 0.3 is 0 Å². The van der Waals surface area contributed by atoms with Gasteiger partial charge in [0.1, 0.15) is 11.8 Å². The predicted molar refractivity (Wildman–Crippen MR) is 71.7 cm³/mol. The maximum Gasteiger partial charge on any atom is 0.267 e. The predicted octanol–water partition coefficient (Wildman–Crippen LogP) is 2.00. The molecule has 1 saturated carbocycles. The Balaban J connectivity index is 1.79. The van der Waals surface area contributed by atoms with E-state index in [2.05, 4.69) is 18.0 Å². The van der Waals surface area contributed by atoms with Crippen molar-refractivity contribution in [1.29, 1.82) is 5.26 Å². The van der Waals surface area contributed by atoms with E-state index in [1.54, 1.807) is 6.07 Å². The summed E-state index contributed by atoms with van der Waals surface area (Å²) in [5.74, 6) is 0.388. The molecule has 19 heavy (non-hydrogen) atoms. The zero-order valence-corrected chi connectivity index (χ0v) is 10.9. The van der Waals surface area contributed by atoms with Crippen molar-refractivity contribution in [3.05, 3.63) is 35.2 Å². The number of hydrogen-bond donors (Lipinski definition) is 1. The minimum Gasteiger partial charge on any atom is -0.350 e. The van der Waals surface area contributed by atoms with Crippen LogP contribution in [0.15, 0.2) is 18.2 Å². The molecule has 0 aromatic carbocycles. The van der Waals surface area contributed by atoms with Crippen molar-refractivity contribution in [3.63, 3.8) is 0 Å². The molecule has 1 unspecified atom stereocenters. The van der Waals surface area contributed by atoms with Crippen molar-refractivity contribution in [2.75, 3.05) is 6.54 Å². The van der Waals surface area contributed by atoms with E-state index in [-0.39, 0.29) is 5.91 Å². The first-order chi connectivity index (χ1) is 9.20. The molecule has 1 atom stereocenters. The first kappa shape index (κ1) is 12.0. The minimum atomic E-state index is -0.0654. The summed E-state index contributed by atoms with van der Waals surface area (Å²) in [6.07, 6.45) is 4.10. The van der Waals surface area contributed by atoms with Crippen LogP contribution in [0.2, 0.25) is 0 Å². The lowest BCUT2D eigenvalue weighted by Crippen LogP contribution is -2.28. The molecule has 0 radical (unpaired) electrons. The number of nitrogens with one attached hydrogen (secondary N) is 1. The Hall–Kier alpha value is -2.02. The highest BCUT2D eigenvalue weighted by molar-refractivity contribution is 5.93. The first-order valence-corrected chi connectivity index (χ1v) is 6.79. The fraction of sp³-hybridized carbons (Fsp3) is 0.467. The first-order valence-electron chi connectivity index (χ1n) is 6.79. The van der Waals surface area contributed by atoms with Crippen LogP contribution in [0.25, 0.3) is 0 Å². The number of hydrogen-bond acceptors (Lipinski definition) is 2. The van der Waals surface area contributed by atoms with Crippen molar-refractivity contribution in [1.82, 2.24) is 9.88 Å². The Kier molecular flexibility index (Phi) is 2.90. The van der Waals surface area contributed by atoms with E-state index in [1.807, 2.05) is 4.57 Å². The Bertz CT molecular complexity index is 591. The number of carbonyl (C=O) groups excluding carboxylic acids is 1. The third-order valence-corrected chi connectivity index (χ3v) is 4.04. The summed E-state index contributed by atoms with van der Waals surface area (Å²) in [6, 6.07) is 3.93. The summed E-state index contributed by atoms with van der Waals surface area (Å²) < 4.78 is 2.01. The van der Waals surface area contributed by atoms with E-state index in [0.29, 0.717) is 23.7 Å². The van der Waals surface area contributed by atoms with Crippen LogP contribution in [0.5, 0.6) is 0 Å². The molecule has 0 saturated heterocycles. The average Bonchev–Trinajstić information content (AvgIpc) is 3.01. The zero-order chi connectivity index (χ0) is 13.4. The molecular weight excluding hydrogens is 238 g/mol. The summed E-state index contributed by atoms with van der Waals surface area (Å²) in [4.78, 5) is 12.2. The molecule has 1 aromatic rings. The third kappa shape index (κ3) is 2.17. The highest BCUT2D eigenvalue weighted by atomic mass is 16.1. The largest absolute Gasteiger partial charge is 0.350 e. The molecule has 2 aliphatic rings. The van der Waals surface area contributed by atoms with Crippen molar-refractivity contribution in [3.8, 4) is 6.07 Å². The zero-order valence-electron chi connectivity index (χ0n) is 10.9. The Labute approximate surface area is 112 Å². The van der Waals surface area contributed by atoms with Gasteiger partial charge in [-0.15, -0.1) is 0 Å². The molecule has 1 amide bonds. The van der Waals surface area contributed by atoms with Gasteiger partial charge in [0.25, 0.3) is 5.91 Å². The molecule has 3 rings (SSSR count). The molecule has 1 aromatic heterocycles. The van der Waals surface area contributed by atoms with Gasteiger partial charge in [0.2, 0.25) is 0 Å². The van der Waals surface area contributed by atoms with E-state index in [4.69, 9.17) is 5.26 Å². The van der Waals surface area contributed by atoms with Gasteiger partial charge in [0.15, 0.2) is 0 Å². The van der Waals surface area contributed by atoms with Crippen LogP contribution in [0.1, 0.15) is 41.0 Å². The highest BCUT2D eigenvalue weighted by Crippen LogP contribution is 2.34. The third-order valence-electron chi connectivity index (χ3n) is 4.04. The Morgan fingerprint density at radius 3 is 3.05 bits per heavy atom. The quantitative estimate of drug-likeness (QED) is 0.840. The maximum absolute atomic E-state index is 12.2. The lowest BCUT2D eigenvalue weighted by atomic mass is 10.1. The van der Waals surface area contributed by atoms with Crippen molar-refractivity contribution >= 4 is 5.91 Å². The molecular formula is C15H17N3O. The topological polar surface area (TPSA) is 57.8 Å². The lowest BCUT2D eigenvalue weighted by Gasteiger charge is -2.17. The van der Waals surface area contributed by atoms with E-state index < -0.39 is 0 Å². The van der Waals surface area contributed by atoms with Crippen LogP contribution in [0.4, 0.5) is 0 Å². The number of carbonyl (C=O) groups is 1. The number of fused-ring (bicyclic) bond motifs is 1. The molecule has 4 nitrogen and oxygen atoms in total. The van der Waals surface area contributed by atoms with E-state index >= 15 is 0 Å². The summed E-state index contributed by atoms with van der Waals surface area (Å²) in [5.41, 5.74) is 3.53. The van der Waals surface area contributed by atoms with Gasteiger partial charge in [-0.25, -0.2) is 0 Å². The number of aromatic nitrogens is 1. The summed E-state index contributed by atoms with van der Waals surface area (Å²) in [6.45, 7) is 5.40. The monoisotopic (exact) mass is 255 g/mol. The van der Waals surface area contributed by atoms with Crippen LogP contribution in [-0.4, -0.2) is 17.0 Å². The number of rotatable bonds is 3. The van der Waals surface area contributed by atoms with Gasteiger partial charge in [-0.2, -0.15) is 5.26 Å². The molecule has 4 heteroatoms. The second-order valence-corrected chi connectivity index (χ2v) is 5.38. The molecule has 2 heterocycles. The van der Waals surface area contributed by atoms with Crippen LogP contribution >= 0.6 is 0 Å². The van der Waals surface area contributed by atoms with Crippen LogP contribution in [0, 0.1) is 17.2 Å². The van der Waals surface area contributed by atoms with Crippen LogP contribution in [0.3, 0.4) is 0 Å². The van der Waals surface area contributed by atoms with Gasteiger partial charge < -0.3 is 9.88 Å². The van der Waals surface area contributed by atoms with Gasteiger partial charge in [-0.05, 0) is 31.7 Å². The Morgan fingerprint density at radius 1 is 1.58 bits per heavy atom. The SMILES string of the molecule is C=C1CC1CNC(=O)c1cc(C#N)c2n1CCCC2. The van der Waals surface area contributed by atoms with Gasteiger partial charge in [-0.3, -0.25) is 4.79 Å². The van der Waals surface area contributed by atoms with Crippen molar-refractivity contribution < 1.29 is 4.79 Å². The second kappa shape index (κ2) is 4.58. The Morgan fingerprint density at radius 2 is 2.37 bits per heavy atom. The second-order valence-electron chi connectivity index (χ2n) is 5.38. The van der Waals surface area contributed by atoms with E-state index in [9.17, 15) is 4.79 Å². The standard InChI is InChI=1S/C15H17N3O/c1-10-6-12(10)9-17-15(19)14-7-11(8-16)13-4-2-3-5-18(13)14/h7,12H,1-6,9H2,(H,17,19). The smallest absolute Gasteiger partial charge is 0.267 e. The van der Waals surface area contributed by atoms with Gasteiger partial charge in [-0.1, -0.05) is 12.2 Å². The normalized spacial score (nSPS) is 20.6. The summed E-state index contributed by atoms with van der Waals surface area (Å²) >= 11 is 0.